The van der Waals surface area contributed by atoms with Crippen LogP contribution in [0.4, 0.5) is 0 Å². The summed E-state index contributed by atoms with van der Waals surface area (Å²) >= 11 is 5.97. The number of likely N-dealkylation sites (tertiary alicyclic amines) is 1. The monoisotopic (exact) mass is 427 g/mol. The molecule has 1 amide bonds. The fraction of sp³-hybridized carbons (Fsp3) is 0.318. The first kappa shape index (κ1) is 20.2. The van der Waals surface area contributed by atoms with Gasteiger partial charge in [-0.15, -0.1) is 0 Å². The number of benzene rings is 2. The predicted molar refractivity (Wildman–Crippen MR) is 111 cm³/mol. The summed E-state index contributed by atoms with van der Waals surface area (Å²) in [7, 11) is 1.63. The second-order valence-corrected chi connectivity index (χ2v) is 7.67. The molecule has 1 aromatic heterocycles. The van der Waals surface area contributed by atoms with Gasteiger partial charge in [-0.05, 0) is 36.8 Å². The zero-order chi connectivity index (χ0) is 21.1. The highest BCUT2D eigenvalue weighted by Gasteiger charge is 2.34. The number of ether oxygens (including phenoxy) is 2. The van der Waals surface area contributed by atoms with Crippen LogP contribution in [0.1, 0.15) is 35.2 Å². The van der Waals surface area contributed by atoms with Crippen LogP contribution in [0.3, 0.4) is 0 Å². The Hall–Kier alpha value is -3.06. The molecule has 156 valence electrons. The van der Waals surface area contributed by atoms with Crippen molar-refractivity contribution in [3.05, 3.63) is 70.3 Å². The first-order chi connectivity index (χ1) is 14.5. The van der Waals surface area contributed by atoms with Gasteiger partial charge in [0.05, 0.1) is 7.11 Å². The molecule has 30 heavy (non-hydrogen) atoms. The molecule has 1 atom stereocenters. The molecule has 0 aliphatic carbocycles. The van der Waals surface area contributed by atoms with Gasteiger partial charge in [0, 0.05) is 36.0 Å². The summed E-state index contributed by atoms with van der Waals surface area (Å²) < 4.78 is 16.5. The molecular weight excluding hydrogens is 406 g/mol. The van der Waals surface area contributed by atoms with Crippen LogP contribution in [-0.2, 0) is 17.9 Å². The minimum atomic E-state index is -0.109. The lowest BCUT2D eigenvalue weighted by Crippen LogP contribution is -2.24. The molecule has 0 bridgehead atoms. The Balaban J connectivity index is 1.38. The summed E-state index contributed by atoms with van der Waals surface area (Å²) in [6.45, 7) is 3.10. The third kappa shape index (κ3) is 4.41. The van der Waals surface area contributed by atoms with Crippen molar-refractivity contribution in [3.8, 4) is 11.5 Å². The summed E-state index contributed by atoms with van der Waals surface area (Å²) in [5.41, 5.74) is 1.89. The van der Waals surface area contributed by atoms with E-state index in [4.69, 9.17) is 25.6 Å². The van der Waals surface area contributed by atoms with E-state index in [2.05, 4.69) is 10.1 Å². The molecule has 2 heterocycles. The van der Waals surface area contributed by atoms with E-state index < -0.39 is 0 Å². The Morgan fingerprint density at radius 1 is 1.23 bits per heavy atom. The number of hydrogen-bond acceptors (Lipinski definition) is 6. The molecular formula is C22H22ClN3O4. The lowest BCUT2D eigenvalue weighted by atomic mass is 10.1. The maximum absolute atomic E-state index is 12.5. The first-order valence-electron chi connectivity index (χ1n) is 9.64. The normalized spacial score (nSPS) is 16.2. The third-order valence-corrected chi connectivity index (χ3v) is 5.34. The van der Waals surface area contributed by atoms with Crippen LogP contribution >= 0.6 is 11.6 Å². The second kappa shape index (κ2) is 8.75. The molecule has 1 fully saturated rings. The van der Waals surface area contributed by atoms with Gasteiger partial charge in [0.1, 0.15) is 11.5 Å². The Morgan fingerprint density at radius 3 is 2.87 bits per heavy atom. The van der Waals surface area contributed by atoms with Crippen molar-refractivity contribution in [2.75, 3.05) is 13.7 Å². The quantitative estimate of drug-likeness (QED) is 0.564. The topological polar surface area (TPSA) is 77.7 Å². The van der Waals surface area contributed by atoms with Gasteiger partial charge in [0.15, 0.2) is 12.4 Å². The molecule has 7 nitrogen and oxygen atoms in total. The van der Waals surface area contributed by atoms with E-state index in [1.165, 1.54) is 0 Å². The molecule has 2 aromatic carbocycles. The standard InChI is InChI=1S/C22H22ClN3O4/c1-14-9-17(23)7-8-18(14)29-13-20-24-22(25-30-20)16-10-21(27)26(12-16)11-15-5-3-4-6-19(15)28-2/h3-9,16H,10-13H2,1-2H3/t16-/m1/s1. The molecule has 0 radical (unpaired) electrons. The number of nitrogens with zero attached hydrogens (tertiary/aromatic N) is 3. The number of rotatable bonds is 7. The zero-order valence-corrected chi connectivity index (χ0v) is 17.6. The Morgan fingerprint density at radius 2 is 2.07 bits per heavy atom. The van der Waals surface area contributed by atoms with Crippen LogP contribution in [0, 0.1) is 6.92 Å². The lowest BCUT2D eigenvalue weighted by Gasteiger charge is -2.17. The van der Waals surface area contributed by atoms with Gasteiger partial charge in [-0.3, -0.25) is 4.79 Å². The smallest absolute Gasteiger partial charge is 0.264 e. The van der Waals surface area contributed by atoms with E-state index >= 15 is 0 Å². The van der Waals surface area contributed by atoms with Crippen LogP contribution in [0.2, 0.25) is 5.02 Å². The van der Waals surface area contributed by atoms with Gasteiger partial charge < -0.3 is 18.9 Å². The van der Waals surface area contributed by atoms with Crippen molar-refractivity contribution in [3.63, 3.8) is 0 Å². The van der Waals surface area contributed by atoms with Crippen LogP contribution in [0.25, 0.3) is 0 Å². The molecule has 4 rings (SSSR count). The minimum absolute atomic E-state index is 0.0605. The van der Waals surface area contributed by atoms with Crippen molar-refractivity contribution in [2.24, 2.45) is 0 Å². The van der Waals surface area contributed by atoms with Crippen molar-refractivity contribution in [1.29, 1.82) is 0 Å². The van der Waals surface area contributed by atoms with Gasteiger partial charge in [0.25, 0.3) is 5.89 Å². The van der Waals surface area contributed by atoms with E-state index in [0.29, 0.717) is 42.0 Å². The fourth-order valence-electron chi connectivity index (χ4n) is 3.54. The van der Waals surface area contributed by atoms with Gasteiger partial charge in [-0.1, -0.05) is 35.0 Å². The average Bonchev–Trinajstić information content (AvgIpc) is 3.35. The molecule has 1 aliphatic heterocycles. The zero-order valence-electron chi connectivity index (χ0n) is 16.8. The fourth-order valence-corrected chi connectivity index (χ4v) is 3.77. The summed E-state index contributed by atoms with van der Waals surface area (Å²) in [6, 6.07) is 13.1. The SMILES string of the molecule is COc1ccccc1CN1C[C@H](c2noc(COc3ccc(Cl)cc3C)n2)CC1=O. The van der Waals surface area contributed by atoms with Crippen molar-refractivity contribution < 1.29 is 18.8 Å². The highest BCUT2D eigenvalue weighted by molar-refractivity contribution is 6.30. The van der Waals surface area contributed by atoms with Crippen LogP contribution in [0.15, 0.2) is 47.0 Å². The Kier molecular flexibility index (Phi) is 5.90. The summed E-state index contributed by atoms with van der Waals surface area (Å²) in [6.07, 6.45) is 0.352. The van der Waals surface area contributed by atoms with Gasteiger partial charge in [-0.2, -0.15) is 4.98 Å². The average molecular weight is 428 g/mol. The van der Waals surface area contributed by atoms with E-state index in [-0.39, 0.29) is 18.4 Å². The third-order valence-electron chi connectivity index (χ3n) is 5.11. The number of aromatic nitrogens is 2. The van der Waals surface area contributed by atoms with Crippen LogP contribution in [0.5, 0.6) is 11.5 Å². The number of para-hydroxylation sites is 1. The molecule has 1 saturated heterocycles. The molecule has 0 unspecified atom stereocenters. The first-order valence-corrected chi connectivity index (χ1v) is 10.0. The molecule has 0 spiro atoms. The molecule has 3 aromatic rings. The van der Waals surface area contributed by atoms with Gasteiger partial charge >= 0.3 is 0 Å². The summed E-state index contributed by atoms with van der Waals surface area (Å²) in [5, 5.41) is 4.72. The molecule has 0 saturated carbocycles. The maximum atomic E-state index is 12.5. The maximum Gasteiger partial charge on any atom is 0.264 e. The summed E-state index contributed by atoms with van der Waals surface area (Å²) in [4.78, 5) is 18.7. The molecule has 0 N–H and O–H groups in total. The summed E-state index contributed by atoms with van der Waals surface area (Å²) in [5.74, 6) is 2.32. The number of methoxy groups -OCH3 is 1. The van der Waals surface area contributed by atoms with Crippen LogP contribution in [-0.4, -0.2) is 34.6 Å². The molecule has 1 aliphatic rings. The minimum Gasteiger partial charge on any atom is -0.496 e. The highest BCUT2D eigenvalue weighted by Crippen LogP contribution is 2.29. The Labute approximate surface area is 179 Å². The van der Waals surface area contributed by atoms with Crippen molar-refractivity contribution in [1.82, 2.24) is 15.0 Å². The van der Waals surface area contributed by atoms with E-state index in [1.54, 1.807) is 24.1 Å². The van der Waals surface area contributed by atoms with E-state index in [1.807, 2.05) is 37.3 Å². The largest absolute Gasteiger partial charge is 0.496 e. The number of amides is 1. The number of hydrogen-bond donors (Lipinski definition) is 0. The molecule has 8 heteroatoms. The number of carbonyl (C=O) groups excluding carboxylic acids is 1. The van der Waals surface area contributed by atoms with Crippen LogP contribution < -0.4 is 9.47 Å². The van der Waals surface area contributed by atoms with Gasteiger partial charge in [0.2, 0.25) is 5.91 Å². The number of carbonyl (C=O) groups is 1. The van der Waals surface area contributed by atoms with Crippen molar-refractivity contribution in [2.45, 2.75) is 32.4 Å². The highest BCUT2D eigenvalue weighted by atomic mass is 35.5. The Bertz CT molecular complexity index is 1050. The predicted octanol–water partition coefficient (Wildman–Crippen LogP) is 4.14. The number of halogens is 1. The van der Waals surface area contributed by atoms with E-state index in [9.17, 15) is 4.79 Å². The van der Waals surface area contributed by atoms with Crippen molar-refractivity contribution >= 4 is 17.5 Å². The lowest BCUT2D eigenvalue weighted by molar-refractivity contribution is -0.128. The van der Waals surface area contributed by atoms with E-state index in [0.717, 1.165) is 16.9 Å². The second-order valence-electron chi connectivity index (χ2n) is 7.23. The number of aryl methyl sites for hydroxylation is 1. The van der Waals surface area contributed by atoms with Gasteiger partial charge in [-0.25, -0.2) is 0 Å².